The molecule has 1 aliphatic heterocycles. The number of nitrogens with zero attached hydrogens (tertiary/aromatic N) is 1. The van der Waals surface area contributed by atoms with Crippen LogP contribution in [0.5, 0.6) is 0 Å². The Hall–Kier alpha value is -1.40. The van der Waals surface area contributed by atoms with E-state index < -0.39 is 5.60 Å². The highest BCUT2D eigenvalue weighted by Gasteiger charge is 2.38. The van der Waals surface area contributed by atoms with Crippen molar-refractivity contribution in [3.05, 3.63) is 12.2 Å². The largest absolute Gasteiger partial charge is 0.459 e. The molecule has 1 heterocycles. The zero-order valence-corrected chi connectivity index (χ0v) is 17.9. The number of nitrogens with one attached hydrogen (secondary N) is 1. The van der Waals surface area contributed by atoms with E-state index in [-0.39, 0.29) is 24.5 Å². The van der Waals surface area contributed by atoms with Gasteiger partial charge in [0.25, 0.3) is 0 Å². The molecule has 1 amide bonds. The van der Waals surface area contributed by atoms with E-state index in [9.17, 15) is 9.59 Å². The van der Waals surface area contributed by atoms with Crippen molar-refractivity contribution in [3.8, 4) is 0 Å². The summed E-state index contributed by atoms with van der Waals surface area (Å²) in [7, 11) is 1.51. The van der Waals surface area contributed by atoms with E-state index in [1.807, 2.05) is 27.7 Å². The molecule has 0 aliphatic carbocycles. The van der Waals surface area contributed by atoms with E-state index in [0.29, 0.717) is 18.4 Å². The lowest BCUT2D eigenvalue weighted by Gasteiger charge is -2.30. The highest BCUT2D eigenvalue weighted by Crippen LogP contribution is 2.28. The lowest BCUT2D eigenvalue weighted by atomic mass is 10.0. The average Bonchev–Trinajstić information content (AvgIpc) is 2.94. The number of allylic oxidation sites excluding steroid dienone is 1. The summed E-state index contributed by atoms with van der Waals surface area (Å²) in [5, 5.41) is 2.94. The second-order valence-corrected chi connectivity index (χ2v) is 8.42. The smallest absolute Gasteiger partial charge is 0.323 e. The Morgan fingerprint density at radius 3 is 2.59 bits per heavy atom. The first-order chi connectivity index (χ1) is 12.7. The van der Waals surface area contributed by atoms with Gasteiger partial charge in [-0.25, -0.2) is 0 Å². The number of amides is 1. The molecule has 0 aromatic rings. The van der Waals surface area contributed by atoms with E-state index in [0.717, 1.165) is 32.4 Å². The van der Waals surface area contributed by atoms with Crippen molar-refractivity contribution in [1.29, 1.82) is 0 Å². The van der Waals surface area contributed by atoms with Gasteiger partial charge in [-0.05, 0) is 52.4 Å². The minimum Gasteiger partial charge on any atom is -0.459 e. The normalized spacial score (nSPS) is 22.1. The number of esters is 1. The summed E-state index contributed by atoms with van der Waals surface area (Å²) in [6.07, 6.45) is 7.04. The fourth-order valence-corrected chi connectivity index (χ4v) is 3.61. The van der Waals surface area contributed by atoms with Crippen molar-refractivity contribution in [2.45, 2.75) is 65.5 Å². The molecule has 0 aromatic heterocycles. The van der Waals surface area contributed by atoms with Crippen LogP contribution in [0, 0.1) is 11.8 Å². The molecule has 0 saturated carbocycles. The van der Waals surface area contributed by atoms with Crippen LogP contribution in [0.3, 0.4) is 0 Å². The van der Waals surface area contributed by atoms with Gasteiger partial charge in [0.05, 0.1) is 0 Å². The summed E-state index contributed by atoms with van der Waals surface area (Å²) >= 11 is 0. The molecule has 6 nitrogen and oxygen atoms in total. The Morgan fingerprint density at radius 1 is 1.33 bits per heavy atom. The molecule has 156 valence electrons. The molecule has 1 N–H and O–H groups in total. The van der Waals surface area contributed by atoms with E-state index in [1.165, 1.54) is 7.11 Å². The maximum atomic E-state index is 12.7. The molecular formula is C21H38N2O4. The Balaban J connectivity index is 2.78. The summed E-state index contributed by atoms with van der Waals surface area (Å²) in [6.45, 7) is 12.2. The van der Waals surface area contributed by atoms with Crippen molar-refractivity contribution in [3.63, 3.8) is 0 Å². The van der Waals surface area contributed by atoms with Gasteiger partial charge in [0, 0.05) is 26.7 Å². The lowest BCUT2D eigenvalue weighted by Crippen LogP contribution is -2.44. The summed E-state index contributed by atoms with van der Waals surface area (Å²) in [5.41, 5.74) is -0.488. The third kappa shape index (κ3) is 8.89. The van der Waals surface area contributed by atoms with Crippen LogP contribution in [0.2, 0.25) is 0 Å². The number of carbonyl (C=O) groups is 2. The number of hydrogen-bond acceptors (Lipinski definition) is 5. The predicted molar refractivity (Wildman–Crippen MR) is 107 cm³/mol. The molecular weight excluding hydrogens is 344 g/mol. The van der Waals surface area contributed by atoms with Crippen LogP contribution in [0.1, 0.15) is 53.9 Å². The standard InChI is InChI=1S/C21H38N2O4/c1-7-9-16-11-18(20(25)27-21(3,4)5)23(13-16)14-17(10-8-2)12-22-19(24)15-26-6/h7,9,16-18H,8,10-15H2,1-6H3,(H,22,24)/t16-,17?,18-/m1/s1. The fourth-order valence-electron chi connectivity index (χ4n) is 3.61. The van der Waals surface area contributed by atoms with Crippen molar-refractivity contribution >= 4 is 11.9 Å². The van der Waals surface area contributed by atoms with Crippen LogP contribution in [-0.2, 0) is 19.1 Å². The summed E-state index contributed by atoms with van der Waals surface area (Å²) in [6, 6.07) is -0.223. The number of rotatable bonds is 10. The minimum atomic E-state index is -0.488. The zero-order valence-electron chi connectivity index (χ0n) is 17.9. The van der Waals surface area contributed by atoms with Gasteiger partial charge in [0.1, 0.15) is 18.2 Å². The zero-order chi connectivity index (χ0) is 20.4. The van der Waals surface area contributed by atoms with Crippen molar-refractivity contribution in [1.82, 2.24) is 10.2 Å². The van der Waals surface area contributed by atoms with Gasteiger partial charge in [0.15, 0.2) is 0 Å². The highest BCUT2D eigenvalue weighted by atomic mass is 16.6. The van der Waals surface area contributed by atoms with Gasteiger partial charge in [-0.3, -0.25) is 14.5 Å². The Bertz CT molecular complexity index is 499. The minimum absolute atomic E-state index is 0.0759. The monoisotopic (exact) mass is 382 g/mol. The van der Waals surface area contributed by atoms with Crippen LogP contribution >= 0.6 is 0 Å². The third-order valence-corrected chi connectivity index (χ3v) is 4.63. The highest BCUT2D eigenvalue weighted by molar-refractivity contribution is 5.77. The molecule has 1 aliphatic rings. The Labute approximate surface area is 164 Å². The second-order valence-electron chi connectivity index (χ2n) is 8.42. The molecule has 0 aromatic carbocycles. The molecule has 6 heteroatoms. The number of ether oxygens (including phenoxy) is 2. The Kier molecular flexibility index (Phi) is 10.0. The van der Waals surface area contributed by atoms with Crippen LogP contribution in [0.15, 0.2) is 12.2 Å². The SMILES string of the molecule is CC=C[C@@H]1C[C@H](C(=O)OC(C)(C)C)N(CC(CCC)CNC(=O)COC)C1. The molecule has 0 radical (unpaired) electrons. The first-order valence-corrected chi connectivity index (χ1v) is 10.1. The van der Waals surface area contributed by atoms with Crippen molar-refractivity contribution in [2.75, 3.05) is 33.4 Å². The van der Waals surface area contributed by atoms with Gasteiger partial charge < -0.3 is 14.8 Å². The second kappa shape index (κ2) is 11.4. The third-order valence-electron chi connectivity index (χ3n) is 4.63. The molecule has 1 saturated heterocycles. The molecule has 3 atom stereocenters. The van der Waals surface area contributed by atoms with E-state index in [1.54, 1.807) is 0 Å². The average molecular weight is 383 g/mol. The van der Waals surface area contributed by atoms with Gasteiger partial charge in [-0.1, -0.05) is 25.5 Å². The quantitative estimate of drug-likeness (QED) is 0.465. The lowest BCUT2D eigenvalue weighted by molar-refractivity contribution is -0.160. The molecule has 0 spiro atoms. The number of methoxy groups -OCH3 is 1. The maximum absolute atomic E-state index is 12.7. The van der Waals surface area contributed by atoms with E-state index in [2.05, 4.69) is 29.3 Å². The van der Waals surface area contributed by atoms with Crippen molar-refractivity contribution < 1.29 is 19.1 Å². The predicted octanol–water partition coefficient (Wildman–Crippen LogP) is 2.77. The van der Waals surface area contributed by atoms with Crippen molar-refractivity contribution in [2.24, 2.45) is 11.8 Å². The van der Waals surface area contributed by atoms with E-state index >= 15 is 0 Å². The molecule has 1 rings (SSSR count). The van der Waals surface area contributed by atoms with Gasteiger partial charge in [-0.15, -0.1) is 0 Å². The van der Waals surface area contributed by atoms with E-state index in [4.69, 9.17) is 9.47 Å². The van der Waals surface area contributed by atoms with Crippen LogP contribution in [-0.4, -0.2) is 61.8 Å². The number of likely N-dealkylation sites (tertiary alicyclic amines) is 1. The van der Waals surface area contributed by atoms with Gasteiger partial charge >= 0.3 is 5.97 Å². The molecule has 1 unspecified atom stereocenters. The Morgan fingerprint density at radius 2 is 2.04 bits per heavy atom. The molecule has 27 heavy (non-hydrogen) atoms. The molecule has 1 fully saturated rings. The number of carbonyl (C=O) groups excluding carboxylic acids is 2. The van der Waals surface area contributed by atoms with Crippen LogP contribution < -0.4 is 5.32 Å². The number of hydrogen-bond donors (Lipinski definition) is 1. The maximum Gasteiger partial charge on any atom is 0.323 e. The summed E-state index contributed by atoms with van der Waals surface area (Å²) in [4.78, 5) is 26.7. The first kappa shape index (κ1) is 23.6. The topological polar surface area (TPSA) is 67.9 Å². The van der Waals surface area contributed by atoms with Gasteiger partial charge in [0.2, 0.25) is 5.91 Å². The fraction of sp³-hybridized carbons (Fsp3) is 0.810. The molecule has 0 bridgehead atoms. The first-order valence-electron chi connectivity index (χ1n) is 10.1. The van der Waals surface area contributed by atoms with Crippen LogP contribution in [0.4, 0.5) is 0 Å². The van der Waals surface area contributed by atoms with Gasteiger partial charge in [-0.2, -0.15) is 0 Å². The summed E-state index contributed by atoms with van der Waals surface area (Å²) < 4.78 is 10.5. The summed E-state index contributed by atoms with van der Waals surface area (Å²) in [5.74, 6) is 0.409. The van der Waals surface area contributed by atoms with Crippen LogP contribution in [0.25, 0.3) is 0 Å².